The number of nitrogens with two attached hydrogens (primary N) is 3. The zero-order valence-electron chi connectivity index (χ0n) is 13.8. The van der Waals surface area contributed by atoms with Crippen LogP contribution in [0.3, 0.4) is 0 Å². The third-order valence-electron chi connectivity index (χ3n) is 3.80. The smallest absolute Gasteiger partial charge is 0.255 e. The number of hydrogen-bond acceptors (Lipinski definition) is 6. The van der Waals surface area contributed by atoms with Crippen molar-refractivity contribution >= 4 is 25.7 Å². The molecule has 0 spiro atoms. The van der Waals surface area contributed by atoms with Gasteiger partial charge in [-0.2, -0.15) is 0 Å². The van der Waals surface area contributed by atoms with Gasteiger partial charge in [-0.05, 0) is 19.3 Å². The third-order valence-corrected chi connectivity index (χ3v) is 5.67. The molecule has 3 amide bonds. The second-order valence-corrected chi connectivity index (χ2v) is 7.59. The first-order chi connectivity index (χ1) is 11.2. The van der Waals surface area contributed by atoms with Crippen molar-refractivity contribution in [1.82, 2.24) is 15.7 Å². The summed E-state index contributed by atoms with van der Waals surface area (Å²) in [6.45, 7) is 2.74. The number of carbonyl (C=O) groups excluding carboxylic acids is 3. The number of piperidine rings is 1. The Bertz CT molecular complexity index is 517. The van der Waals surface area contributed by atoms with E-state index in [0.717, 1.165) is 0 Å². The van der Waals surface area contributed by atoms with E-state index in [9.17, 15) is 18.9 Å². The predicted octanol–water partition coefficient (Wildman–Crippen LogP) is -2.29. The number of carbonyl (C=O) groups is 3. The molecule has 9 N–H and O–H groups in total. The van der Waals surface area contributed by atoms with E-state index in [1.165, 1.54) is 0 Å². The number of hydrogen-bond donors (Lipinski definition) is 6. The molecule has 1 saturated heterocycles. The lowest BCUT2D eigenvalue weighted by Gasteiger charge is -2.33. The molecule has 1 rings (SSSR count). The number of rotatable bonds is 9. The van der Waals surface area contributed by atoms with Crippen LogP contribution in [0, 0.1) is 0 Å². The Balaban J connectivity index is 2.90. The molecule has 1 aliphatic rings. The summed E-state index contributed by atoms with van der Waals surface area (Å²) >= 11 is 0. The second-order valence-electron chi connectivity index (χ2n) is 5.92. The molecule has 1 aliphatic heterocycles. The fourth-order valence-corrected chi connectivity index (χ4v) is 4.01. The van der Waals surface area contributed by atoms with E-state index >= 15 is 0 Å². The molecule has 3 unspecified atom stereocenters. The minimum atomic E-state index is -2.74. The Morgan fingerprint density at radius 3 is 2.71 bits per heavy atom. The summed E-state index contributed by atoms with van der Waals surface area (Å²) in [4.78, 5) is 35.4. The highest BCUT2D eigenvalue weighted by molar-refractivity contribution is 7.44. The van der Waals surface area contributed by atoms with E-state index in [1.54, 1.807) is 0 Å². The van der Waals surface area contributed by atoms with Crippen molar-refractivity contribution in [2.24, 2.45) is 17.2 Å². The molecular formula is C13H27N6O4P. The van der Waals surface area contributed by atoms with Crippen molar-refractivity contribution in [3.05, 3.63) is 0 Å². The Morgan fingerprint density at radius 2 is 2.17 bits per heavy atom. The summed E-state index contributed by atoms with van der Waals surface area (Å²) in [5.41, 5.74) is 14.2. The van der Waals surface area contributed by atoms with Crippen LogP contribution < -0.4 is 32.9 Å². The Morgan fingerprint density at radius 1 is 1.50 bits per heavy atom. The van der Waals surface area contributed by atoms with Crippen LogP contribution in [0.25, 0.3) is 0 Å². The molecule has 0 saturated carbocycles. The van der Waals surface area contributed by atoms with Gasteiger partial charge in [0.2, 0.25) is 11.8 Å². The minimum Gasteiger partial charge on any atom is -0.368 e. The van der Waals surface area contributed by atoms with Gasteiger partial charge in [-0.25, -0.2) is 5.09 Å². The summed E-state index contributed by atoms with van der Waals surface area (Å²) in [6.07, 6.45) is 1.46. The van der Waals surface area contributed by atoms with Crippen LogP contribution in [0.1, 0.15) is 32.6 Å². The van der Waals surface area contributed by atoms with Crippen LogP contribution in [0.15, 0.2) is 0 Å². The first-order valence-corrected chi connectivity index (χ1v) is 9.41. The molecule has 0 aromatic carbocycles. The highest BCUT2D eigenvalue weighted by atomic mass is 31.1. The SMILES string of the molecule is CCCNC(=O)C(N)(CC(N)C(N)=O)N[PH](=O)[C@H]1CCCNC1=O. The molecule has 0 aliphatic carbocycles. The molecule has 138 valence electrons. The zero-order chi connectivity index (χ0) is 18.3. The highest BCUT2D eigenvalue weighted by Crippen LogP contribution is 2.32. The van der Waals surface area contributed by atoms with E-state index in [-0.39, 0.29) is 12.3 Å². The lowest BCUT2D eigenvalue weighted by atomic mass is 10.0. The van der Waals surface area contributed by atoms with Crippen molar-refractivity contribution in [2.45, 2.75) is 50.0 Å². The maximum Gasteiger partial charge on any atom is 0.255 e. The topological polar surface area (TPSA) is 182 Å². The average molecular weight is 362 g/mol. The molecule has 0 radical (unpaired) electrons. The molecule has 0 aromatic heterocycles. The van der Waals surface area contributed by atoms with E-state index < -0.39 is 37.1 Å². The zero-order valence-corrected chi connectivity index (χ0v) is 14.8. The normalized spacial score (nSPS) is 22.8. The molecular weight excluding hydrogens is 335 g/mol. The van der Waals surface area contributed by atoms with Gasteiger partial charge in [-0.15, -0.1) is 0 Å². The quantitative estimate of drug-likeness (QED) is 0.197. The maximum atomic E-state index is 12.5. The van der Waals surface area contributed by atoms with Gasteiger partial charge in [0.1, 0.15) is 13.6 Å². The van der Waals surface area contributed by atoms with Crippen LogP contribution in [0.4, 0.5) is 0 Å². The van der Waals surface area contributed by atoms with E-state index in [2.05, 4.69) is 15.7 Å². The second kappa shape index (κ2) is 9.12. The van der Waals surface area contributed by atoms with Crippen LogP contribution >= 0.6 is 7.95 Å². The van der Waals surface area contributed by atoms with Gasteiger partial charge in [-0.1, -0.05) is 6.92 Å². The van der Waals surface area contributed by atoms with Crippen molar-refractivity contribution in [1.29, 1.82) is 0 Å². The van der Waals surface area contributed by atoms with Crippen LogP contribution in [0.2, 0.25) is 0 Å². The number of amides is 3. The molecule has 1 fully saturated rings. The Hall–Kier alpha value is -1.48. The van der Waals surface area contributed by atoms with Crippen molar-refractivity contribution in [3.8, 4) is 0 Å². The first-order valence-electron chi connectivity index (χ1n) is 7.93. The summed E-state index contributed by atoms with van der Waals surface area (Å²) in [7, 11) is -2.74. The van der Waals surface area contributed by atoms with Gasteiger partial charge in [0.05, 0.1) is 6.04 Å². The summed E-state index contributed by atoms with van der Waals surface area (Å²) in [5, 5.41) is 7.76. The fourth-order valence-electron chi connectivity index (χ4n) is 2.37. The van der Waals surface area contributed by atoms with Crippen LogP contribution in [-0.4, -0.2) is 48.2 Å². The number of nitrogens with one attached hydrogen (secondary N) is 3. The first kappa shape index (κ1) is 20.6. The van der Waals surface area contributed by atoms with Crippen LogP contribution in [0.5, 0.6) is 0 Å². The van der Waals surface area contributed by atoms with Gasteiger partial charge in [0.15, 0.2) is 5.66 Å². The Labute approximate surface area is 141 Å². The summed E-state index contributed by atoms with van der Waals surface area (Å²) in [6, 6.07) is -1.19. The highest BCUT2D eigenvalue weighted by Gasteiger charge is 2.40. The lowest BCUT2D eigenvalue weighted by molar-refractivity contribution is -0.128. The monoisotopic (exact) mass is 362 g/mol. The van der Waals surface area contributed by atoms with Gasteiger partial charge in [0.25, 0.3) is 5.91 Å². The fraction of sp³-hybridized carbons (Fsp3) is 0.769. The van der Waals surface area contributed by atoms with E-state index in [4.69, 9.17) is 17.2 Å². The number of primary amides is 1. The van der Waals surface area contributed by atoms with Gasteiger partial charge in [0, 0.05) is 19.5 Å². The standard InChI is InChI=1S/C13H27N6O4P/c1-2-5-18-12(22)13(16,7-8(14)10(15)20)19-24(23)9-4-3-6-17-11(9)21/h8-9,24H,2-7,14,16H2,1H3,(H2,15,20)(H,17,21)(H,18,22)(H,19,23)/t8?,9-,13?/m0/s1. The van der Waals surface area contributed by atoms with Crippen molar-refractivity contribution < 1.29 is 18.9 Å². The molecule has 1 heterocycles. The molecule has 0 aromatic rings. The molecule has 10 nitrogen and oxygen atoms in total. The average Bonchev–Trinajstić information content (AvgIpc) is 2.52. The van der Waals surface area contributed by atoms with Crippen molar-refractivity contribution in [3.63, 3.8) is 0 Å². The van der Waals surface area contributed by atoms with Crippen LogP contribution in [-0.2, 0) is 18.9 Å². The van der Waals surface area contributed by atoms with Gasteiger partial charge >= 0.3 is 0 Å². The van der Waals surface area contributed by atoms with Crippen molar-refractivity contribution in [2.75, 3.05) is 13.1 Å². The van der Waals surface area contributed by atoms with E-state index in [1.807, 2.05) is 6.92 Å². The summed E-state index contributed by atoms with van der Waals surface area (Å²) < 4.78 is 12.5. The maximum absolute atomic E-state index is 12.5. The van der Waals surface area contributed by atoms with Gasteiger partial charge < -0.3 is 32.4 Å². The largest absolute Gasteiger partial charge is 0.368 e. The van der Waals surface area contributed by atoms with Gasteiger partial charge in [-0.3, -0.25) is 14.4 Å². The minimum absolute atomic E-state index is 0.331. The van der Waals surface area contributed by atoms with E-state index in [0.29, 0.717) is 32.4 Å². The lowest BCUT2D eigenvalue weighted by Crippen LogP contribution is -2.65. The molecule has 4 atom stereocenters. The summed E-state index contributed by atoms with van der Waals surface area (Å²) in [5.74, 6) is -1.81. The molecule has 0 bridgehead atoms. The predicted molar refractivity (Wildman–Crippen MR) is 90.2 cm³/mol. The Kier molecular flexibility index (Phi) is 7.82. The molecule has 11 heteroatoms. The third kappa shape index (κ3) is 5.55. The molecule has 24 heavy (non-hydrogen) atoms.